The molecule has 8 heteroatoms. The van der Waals surface area contributed by atoms with Crippen molar-refractivity contribution in [1.82, 2.24) is 10.2 Å². The van der Waals surface area contributed by atoms with Gasteiger partial charge in [0.2, 0.25) is 5.91 Å². The standard InChI is InChI=1S/C23H27N3O5/c1-4-24-21(27)15-18-22(28)26(17-8-6-5-7-9-17)23(29)25(18)13-12-16-10-11-19(30-2)20(14-16)31-3/h5-11,14,18H,4,12-13,15H2,1-3H3,(H,24,27)/t18-/m1/s1. The van der Waals surface area contributed by atoms with Crippen LogP contribution in [-0.4, -0.2) is 56.1 Å². The Kier molecular flexibility index (Phi) is 7.12. The number of amides is 4. The minimum absolute atomic E-state index is 0.0757. The number of methoxy groups -OCH3 is 2. The van der Waals surface area contributed by atoms with E-state index in [2.05, 4.69) is 5.32 Å². The zero-order valence-corrected chi connectivity index (χ0v) is 18.0. The third kappa shape index (κ3) is 4.79. The third-order valence-electron chi connectivity index (χ3n) is 5.18. The molecule has 1 aliphatic rings. The van der Waals surface area contributed by atoms with Gasteiger partial charge in [0.15, 0.2) is 11.5 Å². The largest absolute Gasteiger partial charge is 0.493 e. The number of para-hydroxylation sites is 1. The average Bonchev–Trinajstić information content (AvgIpc) is 3.01. The molecule has 1 fully saturated rings. The van der Waals surface area contributed by atoms with Crippen LogP contribution >= 0.6 is 0 Å². The molecule has 3 rings (SSSR count). The molecule has 0 aliphatic carbocycles. The number of anilines is 1. The van der Waals surface area contributed by atoms with Crippen LogP contribution in [0.5, 0.6) is 11.5 Å². The Morgan fingerprint density at radius 2 is 1.74 bits per heavy atom. The first-order chi connectivity index (χ1) is 15.0. The molecule has 31 heavy (non-hydrogen) atoms. The molecular formula is C23H27N3O5. The molecule has 0 saturated carbocycles. The molecule has 4 amide bonds. The van der Waals surface area contributed by atoms with Crippen molar-refractivity contribution in [3.05, 3.63) is 54.1 Å². The fraction of sp³-hybridized carbons (Fsp3) is 0.348. The predicted octanol–water partition coefficient (Wildman–Crippen LogP) is 2.61. The Morgan fingerprint density at radius 1 is 1.03 bits per heavy atom. The molecule has 1 atom stereocenters. The quantitative estimate of drug-likeness (QED) is 0.624. The van der Waals surface area contributed by atoms with Crippen molar-refractivity contribution in [2.24, 2.45) is 0 Å². The Morgan fingerprint density at radius 3 is 2.39 bits per heavy atom. The fourth-order valence-electron chi connectivity index (χ4n) is 3.63. The van der Waals surface area contributed by atoms with E-state index < -0.39 is 18.0 Å². The van der Waals surface area contributed by atoms with Crippen LogP contribution in [0, 0.1) is 0 Å². The molecule has 2 aromatic carbocycles. The van der Waals surface area contributed by atoms with Gasteiger partial charge in [-0.15, -0.1) is 0 Å². The van der Waals surface area contributed by atoms with Gasteiger partial charge >= 0.3 is 6.03 Å². The summed E-state index contributed by atoms with van der Waals surface area (Å²) < 4.78 is 10.6. The third-order valence-corrected chi connectivity index (χ3v) is 5.18. The van der Waals surface area contributed by atoms with Crippen LogP contribution in [0.2, 0.25) is 0 Å². The van der Waals surface area contributed by atoms with Crippen molar-refractivity contribution in [2.75, 3.05) is 32.2 Å². The maximum atomic E-state index is 13.2. The number of hydrogen-bond acceptors (Lipinski definition) is 5. The van der Waals surface area contributed by atoms with Crippen LogP contribution in [0.15, 0.2) is 48.5 Å². The first-order valence-corrected chi connectivity index (χ1v) is 10.2. The molecule has 8 nitrogen and oxygen atoms in total. The second kappa shape index (κ2) is 9.97. The first kappa shape index (κ1) is 22.1. The molecule has 1 heterocycles. The highest BCUT2D eigenvalue weighted by Crippen LogP contribution is 2.29. The number of urea groups is 1. The minimum Gasteiger partial charge on any atom is -0.493 e. The number of carbonyl (C=O) groups is 3. The van der Waals surface area contributed by atoms with Crippen LogP contribution in [-0.2, 0) is 16.0 Å². The summed E-state index contributed by atoms with van der Waals surface area (Å²) in [4.78, 5) is 41.1. The number of ether oxygens (including phenoxy) is 2. The zero-order chi connectivity index (χ0) is 22.4. The maximum absolute atomic E-state index is 13.2. The minimum atomic E-state index is -0.848. The van der Waals surface area contributed by atoms with Crippen molar-refractivity contribution >= 4 is 23.5 Å². The highest BCUT2D eigenvalue weighted by Gasteiger charge is 2.46. The van der Waals surface area contributed by atoms with Crippen LogP contribution < -0.4 is 19.7 Å². The Hall–Kier alpha value is -3.55. The molecule has 0 spiro atoms. The van der Waals surface area contributed by atoms with Crippen LogP contribution in [0.4, 0.5) is 10.5 Å². The van der Waals surface area contributed by atoms with E-state index in [1.807, 2.05) is 25.1 Å². The van der Waals surface area contributed by atoms with Crippen molar-refractivity contribution in [2.45, 2.75) is 25.8 Å². The lowest BCUT2D eigenvalue weighted by Gasteiger charge is -2.21. The second-order valence-electron chi connectivity index (χ2n) is 7.10. The van der Waals surface area contributed by atoms with Crippen molar-refractivity contribution in [1.29, 1.82) is 0 Å². The van der Waals surface area contributed by atoms with E-state index >= 15 is 0 Å². The lowest BCUT2D eigenvalue weighted by atomic mass is 10.1. The highest BCUT2D eigenvalue weighted by atomic mass is 16.5. The summed E-state index contributed by atoms with van der Waals surface area (Å²) in [6.07, 6.45) is 0.418. The summed E-state index contributed by atoms with van der Waals surface area (Å²) in [6, 6.07) is 13.0. The maximum Gasteiger partial charge on any atom is 0.332 e. The van der Waals surface area contributed by atoms with Gasteiger partial charge in [0.05, 0.1) is 26.3 Å². The second-order valence-corrected chi connectivity index (χ2v) is 7.10. The molecule has 1 aliphatic heterocycles. The summed E-state index contributed by atoms with van der Waals surface area (Å²) in [5.74, 6) is 0.547. The van der Waals surface area contributed by atoms with E-state index in [0.717, 1.165) is 10.5 Å². The van der Waals surface area contributed by atoms with E-state index in [1.54, 1.807) is 44.6 Å². The van der Waals surface area contributed by atoms with Crippen LogP contribution in [0.1, 0.15) is 18.9 Å². The van der Waals surface area contributed by atoms with Crippen molar-refractivity contribution < 1.29 is 23.9 Å². The Balaban J connectivity index is 1.83. The smallest absolute Gasteiger partial charge is 0.332 e. The number of imide groups is 1. The van der Waals surface area contributed by atoms with Gasteiger partial charge in [0.1, 0.15) is 6.04 Å². The Labute approximate surface area is 181 Å². The topological polar surface area (TPSA) is 88.2 Å². The molecule has 1 N–H and O–H groups in total. The summed E-state index contributed by atoms with van der Waals surface area (Å²) in [5, 5.41) is 2.71. The summed E-state index contributed by atoms with van der Waals surface area (Å²) in [7, 11) is 3.13. The molecule has 0 bridgehead atoms. The normalized spacial score (nSPS) is 15.9. The molecular weight excluding hydrogens is 398 g/mol. The van der Waals surface area contributed by atoms with E-state index in [-0.39, 0.29) is 18.9 Å². The Bertz CT molecular complexity index is 947. The lowest BCUT2D eigenvalue weighted by Crippen LogP contribution is -2.40. The molecule has 0 unspecified atom stereocenters. The molecule has 0 radical (unpaired) electrons. The van der Waals surface area contributed by atoms with Gasteiger partial charge in [0.25, 0.3) is 5.91 Å². The predicted molar refractivity (Wildman–Crippen MR) is 116 cm³/mol. The van der Waals surface area contributed by atoms with E-state index in [4.69, 9.17) is 9.47 Å². The lowest BCUT2D eigenvalue weighted by molar-refractivity contribution is -0.127. The van der Waals surface area contributed by atoms with Crippen molar-refractivity contribution in [3.63, 3.8) is 0 Å². The monoisotopic (exact) mass is 425 g/mol. The SMILES string of the molecule is CCNC(=O)C[C@@H]1C(=O)N(c2ccccc2)C(=O)N1CCc1ccc(OC)c(OC)c1. The number of nitrogens with zero attached hydrogens (tertiary/aromatic N) is 2. The molecule has 0 aromatic heterocycles. The van der Waals surface area contributed by atoms with Crippen LogP contribution in [0.25, 0.3) is 0 Å². The molecule has 164 valence electrons. The molecule has 1 saturated heterocycles. The van der Waals surface area contributed by atoms with Crippen LogP contribution in [0.3, 0.4) is 0 Å². The average molecular weight is 425 g/mol. The summed E-state index contributed by atoms with van der Waals surface area (Å²) >= 11 is 0. The number of benzene rings is 2. The van der Waals surface area contributed by atoms with Gasteiger partial charge in [-0.25, -0.2) is 9.69 Å². The van der Waals surface area contributed by atoms with Gasteiger partial charge < -0.3 is 19.7 Å². The van der Waals surface area contributed by atoms with Gasteiger partial charge in [-0.2, -0.15) is 0 Å². The first-order valence-electron chi connectivity index (χ1n) is 10.2. The van der Waals surface area contributed by atoms with Gasteiger partial charge in [0, 0.05) is 13.1 Å². The summed E-state index contributed by atoms with van der Waals surface area (Å²) in [5.41, 5.74) is 1.42. The van der Waals surface area contributed by atoms with Gasteiger partial charge in [-0.1, -0.05) is 24.3 Å². The highest BCUT2D eigenvalue weighted by molar-refractivity contribution is 6.22. The molecule has 2 aromatic rings. The summed E-state index contributed by atoms with van der Waals surface area (Å²) in [6.45, 7) is 2.56. The van der Waals surface area contributed by atoms with Gasteiger partial charge in [-0.05, 0) is 43.2 Å². The number of nitrogens with one attached hydrogen (secondary N) is 1. The van der Waals surface area contributed by atoms with E-state index in [0.29, 0.717) is 30.2 Å². The van der Waals surface area contributed by atoms with E-state index in [1.165, 1.54) is 4.90 Å². The number of hydrogen-bond donors (Lipinski definition) is 1. The van der Waals surface area contributed by atoms with Gasteiger partial charge in [-0.3, -0.25) is 9.59 Å². The number of carbonyl (C=O) groups excluding carboxylic acids is 3. The fourth-order valence-corrected chi connectivity index (χ4v) is 3.63. The number of rotatable bonds is 9. The van der Waals surface area contributed by atoms with E-state index in [9.17, 15) is 14.4 Å². The zero-order valence-electron chi connectivity index (χ0n) is 18.0. The van der Waals surface area contributed by atoms with Crippen molar-refractivity contribution in [3.8, 4) is 11.5 Å².